The average molecular weight is 332 g/mol. The summed E-state index contributed by atoms with van der Waals surface area (Å²) in [4.78, 5) is 5.28. The fraction of sp³-hybridized carbons (Fsp3) is 0.700. The smallest absolute Gasteiger partial charge is 0.165 e. The van der Waals surface area contributed by atoms with E-state index in [2.05, 4.69) is 28.9 Å². The molecule has 24 heavy (non-hydrogen) atoms. The third-order valence-electron chi connectivity index (χ3n) is 5.82. The van der Waals surface area contributed by atoms with Gasteiger partial charge in [0.2, 0.25) is 0 Å². The van der Waals surface area contributed by atoms with Gasteiger partial charge in [0.25, 0.3) is 0 Å². The largest absolute Gasteiger partial charge is 0.493 e. The minimum atomic E-state index is 0.812. The van der Waals surface area contributed by atoms with Gasteiger partial charge in [-0.05, 0) is 24.8 Å². The van der Waals surface area contributed by atoms with E-state index in [1.807, 2.05) is 6.07 Å². The minimum Gasteiger partial charge on any atom is -0.493 e. The van der Waals surface area contributed by atoms with Crippen LogP contribution in [0.2, 0.25) is 0 Å². The standard InChI is InChI=1S/C20H32N2O2/c1-16-7-4-5-9-18(16)22-13-11-21(12-14-22)15-17-8-6-10-19(23-2)20(17)24-3/h6,8,10,16,18H,4-5,7,9,11-15H2,1-3H3/t16-,18-/m0/s1. The maximum absolute atomic E-state index is 5.58. The lowest BCUT2D eigenvalue weighted by Gasteiger charge is -2.43. The summed E-state index contributed by atoms with van der Waals surface area (Å²) >= 11 is 0. The van der Waals surface area contributed by atoms with E-state index in [1.54, 1.807) is 14.2 Å². The van der Waals surface area contributed by atoms with Crippen LogP contribution in [0.5, 0.6) is 11.5 Å². The molecule has 1 aliphatic heterocycles. The molecular weight excluding hydrogens is 300 g/mol. The first kappa shape index (κ1) is 17.6. The van der Waals surface area contributed by atoms with E-state index in [4.69, 9.17) is 9.47 Å². The number of ether oxygens (including phenoxy) is 2. The second-order valence-corrected chi connectivity index (χ2v) is 7.29. The summed E-state index contributed by atoms with van der Waals surface area (Å²) in [5.74, 6) is 2.57. The molecule has 1 aromatic carbocycles. The van der Waals surface area contributed by atoms with Gasteiger partial charge >= 0.3 is 0 Å². The molecule has 1 aliphatic carbocycles. The maximum atomic E-state index is 5.58. The molecule has 1 heterocycles. The zero-order chi connectivity index (χ0) is 16.9. The van der Waals surface area contributed by atoms with E-state index in [1.165, 1.54) is 44.3 Å². The normalized spacial score (nSPS) is 26.3. The monoisotopic (exact) mass is 332 g/mol. The molecule has 0 bridgehead atoms. The fourth-order valence-corrected chi connectivity index (χ4v) is 4.41. The van der Waals surface area contributed by atoms with Gasteiger partial charge in [-0.25, -0.2) is 0 Å². The molecule has 0 aromatic heterocycles. The Morgan fingerprint density at radius 2 is 1.75 bits per heavy atom. The number of nitrogens with zero attached hydrogens (tertiary/aromatic N) is 2. The van der Waals surface area contributed by atoms with Crippen LogP contribution in [0.4, 0.5) is 0 Å². The van der Waals surface area contributed by atoms with Crippen molar-refractivity contribution in [3.8, 4) is 11.5 Å². The van der Waals surface area contributed by atoms with E-state index in [0.717, 1.165) is 43.1 Å². The number of hydrogen-bond acceptors (Lipinski definition) is 4. The molecule has 0 radical (unpaired) electrons. The van der Waals surface area contributed by atoms with Crippen LogP contribution in [-0.2, 0) is 6.54 Å². The molecule has 0 spiro atoms. The third kappa shape index (κ3) is 3.86. The van der Waals surface area contributed by atoms with Crippen LogP contribution in [0.25, 0.3) is 0 Å². The summed E-state index contributed by atoms with van der Waals surface area (Å²) in [6.45, 7) is 8.06. The number of hydrogen-bond donors (Lipinski definition) is 0. The quantitative estimate of drug-likeness (QED) is 0.825. The molecule has 4 nitrogen and oxygen atoms in total. The van der Waals surface area contributed by atoms with Crippen LogP contribution in [0.1, 0.15) is 38.2 Å². The first-order chi connectivity index (χ1) is 11.7. The molecule has 2 aliphatic rings. The molecule has 134 valence electrons. The highest BCUT2D eigenvalue weighted by molar-refractivity contribution is 5.46. The van der Waals surface area contributed by atoms with Gasteiger partial charge in [-0.1, -0.05) is 31.9 Å². The van der Waals surface area contributed by atoms with Gasteiger partial charge in [0.05, 0.1) is 14.2 Å². The highest BCUT2D eigenvalue weighted by Crippen LogP contribution is 2.32. The molecule has 3 rings (SSSR count). The number of methoxy groups -OCH3 is 2. The summed E-state index contributed by atoms with van der Waals surface area (Å²) in [6, 6.07) is 6.98. The minimum absolute atomic E-state index is 0.812. The van der Waals surface area contributed by atoms with Crippen molar-refractivity contribution in [1.82, 2.24) is 9.80 Å². The van der Waals surface area contributed by atoms with Crippen molar-refractivity contribution in [2.24, 2.45) is 5.92 Å². The topological polar surface area (TPSA) is 24.9 Å². The molecule has 1 aromatic rings. The van der Waals surface area contributed by atoms with Crippen LogP contribution in [-0.4, -0.2) is 56.2 Å². The van der Waals surface area contributed by atoms with Crippen LogP contribution >= 0.6 is 0 Å². The Hall–Kier alpha value is -1.26. The van der Waals surface area contributed by atoms with Gasteiger partial charge in [0.15, 0.2) is 11.5 Å². The Balaban J connectivity index is 1.58. The van der Waals surface area contributed by atoms with Crippen molar-refractivity contribution in [3.63, 3.8) is 0 Å². The summed E-state index contributed by atoms with van der Waals surface area (Å²) in [5.41, 5.74) is 1.22. The summed E-state index contributed by atoms with van der Waals surface area (Å²) in [6.07, 6.45) is 5.64. The van der Waals surface area contributed by atoms with Crippen molar-refractivity contribution in [3.05, 3.63) is 23.8 Å². The van der Waals surface area contributed by atoms with E-state index in [9.17, 15) is 0 Å². The Bertz CT molecular complexity index is 526. The van der Waals surface area contributed by atoms with Crippen molar-refractivity contribution in [2.75, 3.05) is 40.4 Å². The Labute approximate surface area is 146 Å². The van der Waals surface area contributed by atoms with Crippen molar-refractivity contribution < 1.29 is 9.47 Å². The van der Waals surface area contributed by atoms with Crippen LogP contribution < -0.4 is 9.47 Å². The summed E-state index contributed by atoms with van der Waals surface area (Å²) in [5, 5.41) is 0. The predicted octanol–water partition coefficient (Wildman–Crippen LogP) is 3.40. The van der Waals surface area contributed by atoms with E-state index in [-0.39, 0.29) is 0 Å². The van der Waals surface area contributed by atoms with Gasteiger partial charge in [-0.3, -0.25) is 9.80 Å². The van der Waals surface area contributed by atoms with Gasteiger partial charge in [0, 0.05) is 44.3 Å². The first-order valence-electron chi connectivity index (χ1n) is 9.39. The molecule has 2 fully saturated rings. The van der Waals surface area contributed by atoms with Crippen LogP contribution in [0.15, 0.2) is 18.2 Å². The van der Waals surface area contributed by atoms with Gasteiger partial charge in [-0.15, -0.1) is 0 Å². The molecule has 1 saturated carbocycles. The van der Waals surface area contributed by atoms with Crippen molar-refractivity contribution in [2.45, 2.75) is 45.2 Å². The van der Waals surface area contributed by atoms with E-state index < -0.39 is 0 Å². The molecule has 0 N–H and O–H groups in total. The zero-order valence-corrected chi connectivity index (χ0v) is 15.5. The number of rotatable bonds is 5. The zero-order valence-electron chi connectivity index (χ0n) is 15.5. The lowest BCUT2D eigenvalue weighted by Crippen LogP contribution is -2.52. The van der Waals surface area contributed by atoms with Crippen LogP contribution in [0.3, 0.4) is 0 Å². The van der Waals surface area contributed by atoms with E-state index >= 15 is 0 Å². The Kier molecular flexibility index (Phi) is 6.01. The van der Waals surface area contributed by atoms with Gasteiger partial charge in [-0.2, -0.15) is 0 Å². The van der Waals surface area contributed by atoms with E-state index in [0.29, 0.717) is 0 Å². The highest BCUT2D eigenvalue weighted by atomic mass is 16.5. The third-order valence-corrected chi connectivity index (χ3v) is 5.82. The number of benzene rings is 1. The number of para-hydroxylation sites is 1. The van der Waals surface area contributed by atoms with Gasteiger partial charge in [0.1, 0.15) is 0 Å². The molecule has 2 atom stereocenters. The first-order valence-corrected chi connectivity index (χ1v) is 9.39. The number of piperazine rings is 1. The molecule has 0 unspecified atom stereocenters. The molecule has 1 saturated heterocycles. The Morgan fingerprint density at radius 1 is 1.00 bits per heavy atom. The summed E-state index contributed by atoms with van der Waals surface area (Å²) in [7, 11) is 3.43. The highest BCUT2D eigenvalue weighted by Gasteiger charge is 2.29. The van der Waals surface area contributed by atoms with Crippen molar-refractivity contribution >= 4 is 0 Å². The Morgan fingerprint density at radius 3 is 2.42 bits per heavy atom. The fourth-order valence-electron chi connectivity index (χ4n) is 4.41. The van der Waals surface area contributed by atoms with Crippen molar-refractivity contribution in [1.29, 1.82) is 0 Å². The second-order valence-electron chi connectivity index (χ2n) is 7.29. The lowest BCUT2D eigenvalue weighted by molar-refractivity contribution is 0.0515. The second kappa shape index (κ2) is 8.21. The summed E-state index contributed by atoms with van der Waals surface area (Å²) < 4.78 is 11.0. The predicted molar refractivity (Wildman–Crippen MR) is 97.8 cm³/mol. The average Bonchev–Trinajstić information content (AvgIpc) is 2.62. The SMILES string of the molecule is COc1cccc(CN2CCN([C@H]3CCCC[C@@H]3C)CC2)c1OC. The molecule has 4 heteroatoms. The molecular formula is C20H32N2O2. The van der Waals surface area contributed by atoms with Crippen LogP contribution in [0, 0.1) is 5.92 Å². The van der Waals surface area contributed by atoms with Gasteiger partial charge < -0.3 is 9.47 Å². The molecule has 0 amide bonds. The maximum Gasteiger partial charge on any atom is 0.165 e. The lowest BCUT2D eigenvalue weighted by atomic mass is 9.84.